The van der Waals surface area contributed by atoms with Gasteiger partial charge in [0, 0.05) is 28.1 Å². The molecular formula is C30H25NO2. The van der Waals surface area contributed by atoms with Crippen LogP contribution in [0.5, 0.6) is 0 Å². The molecular weight excluding hydrogens is 406 g/mol. The quantitative estimate of drug-likeness (QED) is 0.275. The van der Waals surface area contributed by atoms with Crippen molar-refractivity contribution in [2.75, 3.05) is 0 Å². The van der Waals surface area contributed by atoms with Crippen LogP contribution in [0.2, 0.25) is 0 Å². The Morgan fingerprint density at radius 1 is 0.727 bits per heavy atom. The first kappa shape index (κ1) is 19.8. The Balaban J connectivity index is 1.59. The smallest absolute Gasteiger partial charge is 0.138 e. The lowest BCUT2D eigenvalue weighted by atomic mass is 9.82. The third kappa shape index (κ3) is 3.23. The van der Waals surface area contributed by atoms with Crippen molar-refractivity contribution in [3.05, 3.63) is 90.3 Å². The van der Waals surface area contributed by atoms with Gasteiger partial charge >= 0.3 is 0 Å². The maximum Gasteiger partial charge on any atom is 0.138 e. The van der Waals surface area contributed by atoms with E-state index < -0.39 is 0 Å². The monoisotopic (exact) mass is 431 g/mol. The summed E-state index contributed by atoms with van der Waals surface area (Å²) in [5.41, 5.74) is 6.10. The van der Waals surface area contributed by atoms with Crippen molar-refractivity contribution in [1.82, 2.24) is 4.98 Å². The van der Waals surface area contributed by atoms with Crippen molar-refractivity contribution in [1.29, 1.82) is 0 Å². The summed E-state index contributed by atoms with van der Waals surface area (Å²) in [7, 11) is 0. The molecule has 6 aromatic rings. The minimum atomic E-state index is 0.0137. The number of rotatable bonds is 2. The Bertz CT molecular complexity index is 1660. The topological polar surface area (TPSA) is 39.2 Å². The van der Waals surface area contributed by atoms with Gasteiger partial charge in [-0.2, -0.15) is 0 Å². The summed E-state index contributed by atoms with van der Waals surface area (Å²) in [6, 6.07) is 25.3. The first-order valence-electron chi connectivity index (χ1n) is 11.3. The molecule has 0 fully saturated rings. The summed E-state index contributed by atoms with van der Waals surface area (Å²) in [6.45, 7) is 8.75. The third-order valence-corrected chi connectivity index (χ3v) is 6.34. The Kier molecular flexibility index (Phi) is 4.25. The van der Waals surface area contributed by atoms with Crippen LogP contribution < -0.4 is 0 Å². The summed E-state index contributed by atoms with van der Waals surface area (Å²) < 4.78 is 12.2. The molecule has 0 aliphatic carbocycles. The summed E-state index contributed by atoms with van der Waals surface area (Å²) >= 11 is 0. The summed E-state index contributed by atoms with van der Waals surface area (Å²) in [5, 5.41) is 4.58. The molecule has 0 aliphatic rings. The van der Waals surface area contributed by atoms with Crippen LogP contribution in [0.25, 0.3) is 55.3 Å². The fraction of sp³-hybridized carbons (Fsp3) is 0.167. The average Bonchev–Trinajstić information content (AvgIpc) is 3.39. The van der Waals surface area contributed by atoms with E-state index in [1.807, 2.05) is 31.3 Å². The van der Waals surface area contributed by atoms with Crippen LogP contribution in [-0.4, -0.2) is 4.98 Å². The van der Waals surface area contributed by atoms with Crippen molar-refractivity contribution in [2.45, 2.75) is 33.1 Å². The van der Waals surface area contributed by atoms with E-state index in [9.17, 15) is 0 Å². The average molecular weight is 432 g/mol. The number of aromatic nitrogens is 1. The van der Waals surface area contributed by atoms with Crippen LogP contribution >= 0.6 is 0 Å². The van der Waals surface area contributed by atoms with Crippen molar-refractivity contribution < 1.29 is 8.83 Å². The molecule has 33 heavy (non-hydrogen) atoms. The molecule has 3 heteroatoms. The second-order valence-corrected chi connectivity index (χ2v) is 9.75. The van der Waals surface area contributed by atoms with Gasteiger partial charge in [0.05, 0.1) is 5.69 Å². The predicted octanol–water partition coefficient (Wildman–Crippen LogP) is 8.67. The first-order chi connectivity index (χ1) is 15.9. The largest absolute Gasteiger partial charge is 0.461 e. The molecule has 162 valence electrons. The zero-order valence-electron chi connectivity index (χ0n) is 19.3. The maximum atomic E-state index is 6.34. The summed E-state index contributed by atoms with van der Waals surface area (Å²) in [4.78, 5) is 4.80. The summed E-state index contributed by atoms with van der Waals surface area (Å²) in [5.74, 6) is 1.71. The van der Waals surface area contributed by atoms with Gasteiger partial charge in [0.25, 0.3) is 0 Å². The second-order valence-electron chi connectivity index (χ2n) is 9.75. The van der Waals surface area contributed by atoms with Crippen LogP contribution in [0.4, 0.5) is 0 Å². The van der Waals surface area contributed by atoms with E-state index in [1.54, 1.807) is 0 Å². The molecule has 0 radical (unpaired) electrons. The molecule has 6 rings (SSSR count). The minimum absolute atomic E-state index is 0.0137. The molecule has 0 amide bonds. The Morgan fingerprint density at radius 2 is 1.55 bits per heavy atom. The number of hydrogen-bond acceptors (Lipinski definition) is 3. The van der Waals surface area contributed by atoms with Gasteiger partial charge in [-0.1, -0.05) is 57.2 Å². The van der Waals surface area contributed by atoms with E-state index in [1.165, 1.54) is 16.3 Å². The molecule has 3 nitrogen and oxygen atoms in total. The first-order valence-corrected chi connectivity index (χ1v) is 11.3. The van der Waals surface area contributed by atoms with E-state index in [-0.39, 0.29) is 5.41 Å². The molecule has 0 saturated heterocycles. The Labute approximate surface area is 192 Å². The van der Waals surface area contributed by atoms with E-state index in [0.29, 0.717) is 0 Å². The molecule has 0 unspecified atom stereocenters. The van der Waals surface area contributed by atoms with Crippen LogP contribution in [0.15, 0.2) is 87.8 Å². The number of benzene rings is 3. The molecule has 0 bridgehead atoms. The normalized spacial score (nSPS) is 12.2. The van der Waals surface area contributed by atoms with Gasteiger partial charge in [0.1, 0.15) is 22.7 Å². The van der Waals surface area contributed by atoms with E-state index in [2.05, 4.69) is 75.4 Å². The molecule has 3 aromatic heterocycles. The Morgan fingerprint density at radius 3 is 2.39 bits per heavy atom. The minimum Gasteiger partial charge on any atom is -0.461 e. The number of fused-ring (bicyclic) bond motifs is 3. The highest BCUT2D eigenvalue weighted by Gasteiger charge is 2.20. The van der Waals surface area contributed by atoms with Gasteiger partial charge in [-0.3, -0.25) is 4.98 Å². The highest BCUT2D eigenvalue weighted by atomic mass is 16.3. The van der Waals surface area contributed by atoms with E-state index in [0.717, 1.165) is 50.3 Å². The lowest BCUT2D eigenvalue weighted by Crippen LogP contribution is -2.12. The SMILES string of the molecule is Cc1cc2c(-c3cc4c(-c5cc(C(C)(C)C)c6ccccc6c5)nccc4o3)cccc2o1. The molecule has 0 spiro atoms. The number of pyridine rings is 1. The van der Waals surface area contributed by atoms with Gasteiger partial charge in [-0.25, -0.2) is 0 Å². The van der Waals surface area contributed by atoms with Crippen molar-refractivity contribution in [2.24, 2.45) is 0 Å². The van der Waals surface area contributed by atoms with Gasteiger partial charge in [0.15, 0.2) is 0 Å². The van der Waals surface area contributed by atoms with Crippen LogP contribution in [0.3, 0.4) is 0 Å². The summed E-state index contributed by atoms with van der Waals surface area (Å²) in [6.07, 6.45) is 1.83. The van der Waals surface area contributed by atoms with Gasteiger partial charge in [-0.15, -0.1) is 0 Å². The standard InChI is InChI=1S/C30H25NO2/c1-18-14-23-22(10-7-11-26(23)32-18)28-17-24-27(33-28)12-13-31-29(24)20-15-19-8-5-6-9-21(19)25(16-20)30(2,3)4/h5-17H,1-4H3. The maximum absolute atomic E-state index is 6.34. The molecule has 3 aromatic carbocycles. The molecule has 0 aliphatic heterocycles. The zero-order valence-corrected chi connectivity index (χ0v) is 19.3. The number of aryl methyl sites for hydroxylation is 1. The van der Waals surface area contributed by atoms with Crippen molar-refractivity contribution in [3.8, 4) is 22.6 Å². The van der Waals surface area contributed by atoms with Gasteiger partial charge < -0.3 is 8.83 Å². The highest BCUT2D eigenvalue weighted by Crippen LogP contribution is 2.39. The van der Waals surface area contributed by atoms with Gasteiger partial charge in [-0.05, 0) is 65.1 Å². The fourth-order valence-corrected chi connectivity index (χ4v) is 4.80. The zero-order chi connectivity index (χ0) is 22.7. The lowest BCUT2D eigenvalue weighted by Gasteiger charge is -2.22. The molecule has 3 heterocycles. The highest BCUT2D eigenvalue weighted by molar-refractivity contribution is 6.00. The van der Waals surface area contributed by atoms with Crippen molar-refractivity contribution in [3.63, 3.8) is 0 Å². The third-order valence-electron chi connectivity index (χ3n) is 6.34. The Hall–Kier alpha value is -3.85. The van der Waals surface area contributed by atoms with Crippen LogP contribution in [0.1, 0.15) is 32.1 Å². The number of hydrogen-bond donors (Lipinski definition) is 0. The fourth-order valence-electron chi connectivity index (χ4n) is 4.80. The molecule has 0 saturated carbocycles. The van der Waals surface area contributed by atoms with E-state index in [4.69, 9.17) is 13.8 Å². The number of nitrogens with zero attached hydrogens (tertiary/aromatic N) is 1. The molecule has 0 N–H and O–H groups in total. The van der Waals surface area contributed by atoms with E-state index >= 15 is 0 Å². The predicted molar refractivity (Wildman–Crippen MR) is 136 cm³/mol. The molecule has 0 atom stereocenters. The van der Waals surface area contributed by atoms with Gasteiger partial charge in [0.2, 0.25) is 0 Å². The van der Waals surface area contributed by atoms with Crippen LogP contribution in [0, 0.1) is 6.92 Å². The lowest BCUT2D eigenvalue weighted by molar-refractivity contribution is 0.578. The number of furan rings is 2. The second kappa shape index (κ2) is 7.08. The van der Waals surface area contributed by atoms with Crippen molar-refractivity contribution >= 4 is 32.7 Å². The van der Waals surface area contributed by atoms with Crippen LogP contribution in [-0.2, 0) is 5.41 Å².